The number of rotatable bonds is 8. The fraction of sp³-hybridized carbons (Fsp3) is 0.294. The zero-order valence-corrected chi connectivity index (χ0v) is 12.2. The van der Waals surface area contributed by atoms with Crippen molar-refractivity contribution in [3.8, 4) is 0 Å². The van der Waals surface area contributed by atoms with Crippen LogP contribution in [0.1, 0.15) is 20.3 Å². The minimum Gasteiger partial charge on any atom is -0.313 e. The molecule has 102 valence electrons. The van der Waals surface area contributed by atoms with Gasteiger partial charge < -0.3 is 5.41 Å². The Bertz CT molecular complexity index is 434. The van der Waals surface area contributed by atoms with E-state index in [1.807, 2.05) is 38.2 Å². The molecular formula is C17H24N2. The summed E-state index contributed by atoms with van der Waals surface area (Å²) in [6, 6.07) is 0. The molecular weight excluding hydrogens is 232 g/mol. The van der Waals surface area contributed by atoms with Crippen molar-refractivity contribution in [2.45, 2.75) is 20.3 Å². The van der Waals surface area contributed by atoms with Gasteiger partial charge in [0.1, 0.15) is 0 Å². The summed E-state index contributed by atoms with van der Waals surface area (Å²) in [6.45, 7) is 11.7. The molecule has 0 amide bonds. The van der Waals surface area contributed by atoms with E-state index in [9.17, 15) is 0 Å². The molecule has 0 aliphatic rings. The Labute approximate surface area is 117 Å². The van der Waals surface area contributed by atoms with E-state index in [-0.39, 0.29) is 0 Å². The second-order valence-corrected chi connectivity index (χ2v) is 4.37. The van der Waals surface area contributed by atoms with Crippen molar-refractivity contribution >= 4 is 11.9 Å². The molecule has 1 atom stereocenters. The molecule has 0 aromatic heterocycles. The van der Waals surface area contributed by atoms with Gasteiger partial charge in [-0.1, -0.05) is 44.4 Å². The van der Waals surface area contributed by atoms with Gasteiger partial charge in [-0.05, 0) is 48.8 Å². The maximum atomic E-state index is 7.10. The molecule has 0 aromatic rings. The highest BCUT2D eigenvalue weighted by molar-refractivity contribution is 6.04. The maximum absolute atomic E-state index is 7.10. The topological polar surface area (TPSA) is 36.2 Å². The molecule has 0 radical (unpaired) electrons. The van der Waals surface area contributed by atoms with Crippen LogP contribution in [0.25, 0.3) is 0 Å². The molecule has 0 aliphatic heterocycles. The van der Waals surface area contributed by atoms with E-state index in [0.717, 1.165) is 23.3 Å². The van der Waals surface area contributed by atoms with Crippen molar-refractivity contribution in [2.24, 2.45) is 10.9 Å². The molecule has 0 aliphatic carbocycles. The van der Waals surface area contributed by atoms with Crippen molar-refractivity contribution in [3.63, 3.8) is 0 Å². The fourth-order valence-electron chi connectivity index (χ4n) is 1.27. The third-order valence-electron chi connectivity index (χ3n) is 2.68. The first-order chi connectivity index (χ1) is 9.04. The summed E-state index contributed by atoms with van der Waals surface area (Å²) in [6.07, 6.45) is 14.0. The lowest BCUT2D eigenvalue weighted by molar-refractivity contribution is 0.804. The third kappa shape index (κ3) is 7.87. The average molecular weight is 256 g/mol. The van der Waals surface area contributed by atoms with Gasteiger partial charge in [0.15, 0.2) is 0 Å². The second kappa shape index (κ2) is 10.0. The fourth-order valence-corrected chi connectivity index (χ4v) is 1.27. The van der Waals surface area contributed by atoms with Crippen LogP contribution in [-0.4, -0.2) is 19.0 Å². The molecule has 0 saturated heterocycles. The van der Waals surface area contributed by atoms with Gasteiger partial charge in [0.2, 0.25) is 0 Å². The average Bonchev–Trinajstić information content (AvgIpc) is 2.43. The van der Waals surface area contributed by atoms with Crippen LogP contribution in [0, 0.1) is 11.3 Å². The smallest absolute Gasteiger partial charge is 0.0567 e. The lowest BCUT2D eigenvalue weighted by Gasteiger charge is -2.00. The van der Waals surface area contributed by atoms with Crippen LogP contribution in [0.15, 0.2) is 65.8 Å². The number of allylic oxidation sites excluding steroid dienone is 8. The van der Waals surface area contributed by atoms with Gasteiger partial charge in [0.05, 0.1) is 5.71 Å². The van der Waals surface area contributed by atoms with E-state index < -0.39 is 0 Å². The summed E-state index contributed by atoms with van der Waals surface area (Å²) in [4.78, 5) is 4.09. The van der Waals surface area contributed by atoms with Gasteiger partial charge >= 0.3 is 0 Å². The number of hydrogen-bond acceptors (Lipinski definition) is 2. The number of hydrogen-bond donors (Lipinski definition) is 1. The molecule has 0 unspecified atom stereocenters. The third-order valence-corrected chi connectivity index (χ3v) is 2.68. The number of aliphatic imine (C=N–C) groups is 1. The highest BCUT2D eigenvalue weighted by Gasteiger charge is 1.94. The van der Waals surface area contributed by atoms with Crippen LogP contribution in [0.2, 0.25) is 0 Å². The van der Waals surface area contributed by atoms with Gasteiger partial charge in [-0.15, -0.1) is 0 Å². The summed E-state index contributed by atoms with van der Waals surface area (Å²) in [7, 11) is 1.74. The predicted octanol–water partition coefficient (Wildman–Crippen LogP) is 4.53. The Kier molecular flexibility index (Phi) is 8.98. The monoisotopic (exact) mass is 256 g/mol. The van der Waals surface area contributed by atoms with E-state index in [1.165, 1.54) is 6.21 Å². The SMILES string of the molecule is C=CC(/C=C(\C)C(=C)/C=C\C=C/C[C@@H](C)C=N)=N/C. The minimum atomic E-state index is 0.297. The maximum Gasteiger partial charge on any atom is 0.0567 e. The molecule has 19 heavy (non-hydrogen) atoms. The molecule has 0 rings (SSSR count). The Balaban J connectivity index is 4.45. The molecule has 0 aromatic carbocycles. The molecule has 2 heteroatoms. The lowest BCUT2D eigenvalue weighted by atomic mass is 10.1. The van der Waals surface area contributed by atoms with E-state index in [1.54, 1.807) is 13.1 Å². The standard InChI is InChI=1S/C17H24N2/c1-6-17(19-5)12-16(4)15(3)11-9-7-8-10-14(2)13-18/h6-9,11-14,18H,1,3,10H2,2,4-5H3/b8-7-,11-9-,16-12+,18-13?,19-17-/t14-/m1/s1. The van der Waals surface area contributed by atoms with Crippen LogP contribution in [0.4, 0.5) is 0 Å². The van der Waals surface area contributed by atoms with Crippen LogP contribution in [0.3, 0.4) is 0 Å². The Morgan fingerprint density at radius 3 is 2.58 bits per heavy atom. The first-order valence-electron chi connectivity index (χ1n) is 6.35. The first kappa shape index (κ1) is 17.0. The van der Waals surface area contributed by atoms with Crippen molar-refractivity contribution in [2.75, 3.05) is 7.05 Å². The van der Waals surface area contributed by atoms with Crippen molar-refractivity contribution in [3.05, 3.63) is 60.8 Å². The predicted molar refractivity (Wildman–Crippen MR) is 87.3 cm³/mol. The molecule has 0 bridgehead atoms. The van der Waals surface area contributed by atoms with Crippen LogP contribution in [0.5, 0.6) is 0 Å². The summed E-state index contributed by atoms with van der Waals surface area (Å²) in [5.41, 5.74) is 2.87. The quantitative estimate of drug-likeness (QED) is 0.489. The van der Waals surface area contributed by atoms with E-state index in [2.05, 4.69) is 24.2 Å². The zero-order valence-electron chi connectivity index (χ0n) is 12.2. The Hall–Kier alpha value is -1.96. The molecule has 0 heterocycles. The Morgan fingerprint density at radius 1 is 1.37 bits per heavy atom. The normalized spacial score (nSPS) is 14.9. The number of nitrogens with zero attached hydrogens (tertiary/aromatic N) is 1. The minimum absolute atomic E-state index is 0.297. The van der Waals surface area contributed by atoms with Crippen LogP contribution >= 0.6 is 0 Å². The largest absolute Gasteiger partial charge is 0.313 e. The highest BCUT2D eigenvalue weighted by Crippen LogP contribution is 2.09. The van der Waals surface area contributed by atoms with Gasteiger partial charge in [-0.2, -0.15) is 0 Å². The van der Waals surface area contributed by atoms with E-state index >= 15 is 0 Å². The lowest BCUT2D eigenvalue weighted by Crippen LogP contribution is -1.90. The van der Waals surface area contributed by atoms with Crippen molar-refractivity contribution in [1.29, 1.82) is 5.41 Å². The van der Waals surface area contributed by atoms with Crippen molar-refractivity contribution < 1.29 is 0 Å². The van der Waals surface area contributed by atoms with Crippen LogP contribution in [-0.2, 0) is 0 Å². The van der Waals surface area contributed by atoms with Crippen LogP contribution < -0.4 is 0 Å². The number of nitrogens with one attached hydrogen (secondary N) is 1. The zero-order chi connectivity index (χ0) is 14.7. The first-order valence-corrected chi connectivity index (χ1v) is 6.35. The van der Waals surface area contributed by atoms with Gasteiger partial charge in [-0.3, -0.25) is 4.99 Å². The van der Waals surface area contributed by atoms with Gasteiger partial charge in [0.25, 0.3) is 0 Å². The molecule has 0 saturated carbocycles. The summed E-state index contributed by atoms with van der Waals surface area (Å²) >= 11 is 0. The van der Waals surface area contributed by atoms with Gasteiger partial charge in [0, 0.05) is 7.05 Å². The summed E-state index contributed by atoms with van der Waals surface area (Å²) < 4.78 is 0. The van der Waals surface area contributed by atoms with Gasteiger partial charge in [-0.25, -0.2) is 0 Å². The molecule has 2 nitrogen and oxygen atoms in total. The second-order valence-electron chi connectivity index (χ2n) is 4.37. The van der Waals surface area contributed by atoms with Crippen molar-refractivity contribution in [1.82, 2.24) is 0 Å². The molecule has 0 spiro atoms. The Morgan fingerprint density at radius 2 is 2.05 bits per heavy atom. The molecule has 1 N–H and O–H groups in total. The summed E-state index contributed by atoms with van der Waals surface area (Å²) in [5, 5.41) is 7.10. The van der Waals surface area contributed by atoms with E-state index in [4.69, 9.17) is 5.41 Å². The highest BCUT2D eigenvalue weighted by atomic mass is 14.7. The summed E-state index contributed by atoms with van der Waals surface area (Å²) in [5.74, 6) is 0.297. The van der Waals surface area contributed by atoms with E-state index in [0.29, 0.717) is 5.92 Å². The molecule has 0 fully saturated rings.